The first kappa shape index (κ1) is 22.8. The van der Waals surface area contributed by atoms with E-state index in [1.807, 2.05) is 38.1 Å². The van der Waals surface area contributed by atoms with Crippen LogP contribution in [0.5, 0.6) is 17.2 Å². The first-order valence-corrected chi connectivity index (χ1v) is 11.6. The van der Waals surface area contributed by atoms with Crippen LogP contribution in [-0.2, 0) is 4.79 Å². The Balaban J connectivity index is 1.67. The van der Waals surface area contributed by atoms with E-state index in [1.54, 1.807) is 11.8 Å². The molecule has 1 aliphatic rings. The average molecular weight is 496 g/mol. The van der Waals surface area contributed by atoms with Crippen molar-refractivity contribution in [3.8, 4) is 17.2 Å². The summed E-state index contributed by atoms with van der Waals surface area (Å²) in [5, 5.41) is 12.2. The quantitative estimate of drug-likeness (QED) is 0.487. The van der Waals surface area contributed by atoms with Crippen molar-refractivity contribution < 1.29 is 24.1 Å². The van der Waals surface area contributed by atoms with Crippen molar-refractivity contribution in [2.45, 2.75) is 32.2 Å². The molecule has 1 saturated heterocycles. The molecule has 162 valence electrons. The molecule has 0 amide bonds. The highest BCUT2D eigenvalue weighted by atomic mass is 79.9. The Bertz CT molecular complexity index is 907. The molecule has 6 nitrogen and oxygen atoms in total. The van der Waals surface area contributed by atoms with Crippen molar-refractivity contribution >= 4 is 33.7 Å². The van der Waals surface area contributed by atoms with Crippen LogP contribution >= 0.6 is 27.7 Å². The van der Waals surface area contributed by atoms with Crippen LogP contribution in [0, 0.1) is 13.8 Å². The maximum Gasteiger partial charge on any atom is 0.321 e. The fourth-order valence-corrected chi connectivity index (χ4v) is 4.91. The van der Waals surface area contributed by atoms with Crippen LogP contribution in [0.25, 0.3) is 0 Å². The summed E-state index contributed by atoms with van der Waals surface area (Å²) in [4.78, 5) is 11.2. The Labute approximate surface area is 189 Å². The molecule has 0 spiro atoms. The third kappa shape index (κ3) is 5.42. The fourth-order valence-electron chi connectivity index (χ4n) is 3.12. The predicted molar refractivity (Wildman–Crippen MR) is 122 cm³/mol. The van der Waals surface area contributed by atoms with Gasteiger partial charge < -0.3 is 19.3 Å². The van der Waals surface area contributed by atoms with E-state index in [2.05, 4.69) is 34.2 Å². The van der Waals surface area contributed by atoms with Gasteiger partial charge in [0.2, 0.25) is 0 Å². The highest BCUT2D eigenvalue weighted by Gasteiger charge is 2.31. The summed E-state index contributed by atoms with van der Waals surface area (Å²) in [5.41, 5.74) is 3.26. The molecule has 1 fully saturated rings. The first-order chi connectivity index (χ1) is 14.4. The molecule has 8 heteroatoms. The highest BCUT2D eigenvalue weighted by molar-refractivity contribution is 9.10. The topological polar surface area (TPSA) is 77.0 Å². The van der Waals surface area contributed by atoms with Crippen molar-refractivity contribution in [3.05, 3.63) is 51.5 Å². The Kier molecular flexibility index (Phi) is 7.91. The summed E-state index contributed by atoms with van der Waals surface area (Å²) in [6.07, 6.45) is 0. The number of thioether (sulfide) groups is 1. The summed E-state index contributed by atoms with van der Waals surface area (Å²) in [5.74, 6) is 1.78. The number of carbonyl (C=O) groups is 1. The van der Waals surface area contributed by atoms with Gasteiger partial charge in [-0.2, -0.15) is 0 Å². The maximum atomic E-state index is 11.2. The number of carboxylic acids is 1. The van der Waals surface area contributed by atoms with Crippen molar-refractivity contribution in [2.24, 2.45) is 0 Å². The summed E-state index contributed by atoms with van der Waals surface area (Å²) >= 11 is 5.14. The number of hydrogen-bond donors (Lipinski definition) is 2. The standard InChI is InChI=1S/C22H26BrNO5S/c1-4-27-19-11-15(21-24-17(12-30-21)22(25)26)10-16(23)20(19)29-9-8-28-18-7-5-6-13(2)14(18)3/h5-7,10-11,17,21,24H,4,8-9,12H2,1-3H3,(H,25,26). The number of carboxylic acid groups (broad SMARTS) is 1. The molecule has 3 rings (SSSR count). The maximum absolute atomic E-state index is 11.2. The van der Waals surface area contributed by atoms with E-state index in [4.69, 9.17) is 14.2 Å². The Morgan fingerprint density at radius 3 is 2.67 bits per heavy atom. The van der Waals surface area contributed by atoms with E-state index in [1.165, 1.54) is 5.56 Å². The summed E-state index contributed by atoms with van der Waals surface area (Å²) < 4.78 is 18.4. The molecule has 0 saturated carbocycles. The molecule has 1 aliphatic heterocycles. The minimum Gasteiger partial charge on any atom is -0.490 e. The first-order valence-electron chi connectivity index (χ1n) is 9.79. The summed E-state index contributed by atoms with van der Waals surface area (Å²) in [7, 11) is 0. The van der Waals surface area contributed by atoms with Crippen LogP contribution in [-0.4, -0.2) is 42.7 Å². The van der Waals surface area contributed by atoms with Crippen molar-refractivity contribution in [2.75, 3.05) is 25.6 Å². The summed E-state index contributed by atoms with van der Waals surface area (Å²) in [6.45, 7) is 7.28. The van der Waals surface area contributed by atoms with Gasteiger partial charge in [-0.1, -0.05) is 12.1 Å². The van der Waals surface area contributed by atoms with Crippen LogP contribution < -0.4 is 19.5 Å². The number of benzene rings is 2. The minimum atomic E-state index is -0.835. The lowest BCUT2D eigenvalue weighted by Crippen LogP contribution is -2.33. The van der Waals surface area contributed by atoms with Gasteiger partial charge in [0.15, 0.2) is 11.5 Å². The molecule has 0 radical (unpaired) electrons. The lowest BCUT2D eigenvalue weighted by Gasteiger charge is -2.18. The second-order valence-corrected chi connectivity index (χ2v) is 8.92. The van der Waals surface area contributed by atoms with E-state index in [-0.39, 0.29) is 5.37 Å². The summed E-state index contributed by atoms with van der Waals surface area (Å²) in [6, 6.07) is 9.29. The molecule has 0 aromatic heterocycles. The molecule has 0 aliphatic carbocycles. The Hall–Kier alpha value is -1.90. The van der Waals surface area contributed by atoms with Crippen LogP contribution in [0.2, 0.25) is 0 Å². The molecule has 30 heavy (non-hydrogen) atoms. The van der Waals surface area contributed by atoms with Gasteiger partial charge in [-0.3, -0.25) is 10.1 Å². The fraction of sp³-hybridized carbons (Fsp3) is 0.409. The van der Waals surface area contributed by atoms with Crippen LogP contribution in [0.3, 0.4) is 0 Å². The molecule has 2 atom stereocenters. The van der Waals surface area contributed by atoms with Gasteiger partial charge in [-0.05, 0) is 71.6 Å². The SMILES string of the molecule is CCOc1cc(C2NC(C(=O)O)CS2)cc(Br)c1OCCOc1cccc(C)c1C. The zero-order chi connectivity index (χ0) is 21.7. The monoisotopic (exact) mass is 495 g/mol. The lowest BCUT2D eigenvalue weighted by atomic mass is 10.1. The molecule has 2 aromatic carbocycles. The molecule has 0 bridgehead atoms. The minimum absolute atomic E-state index is 0.108. The van der Waals surface area contributed by atoms with E-state index >= 15 is 0 Å². The van der Waals surface area contributed by atoms with Gasteiger partial charge in [-0.25, -0.2) is 0 Å². The van der Waals surface area contributed by atoms with Gasteiger partial charge in [0.25, 0.3) is 0 Å². The zero-order valence-corrected chi connectivity index (χ0v) is 19.6. The molecule has 2 N–H and O–H groups in total. The zero-order valence-electron chi connectivity index (χ0n) is 17.2. The van der Waals surface area contributed by atoms with Gasteiger partial charge in [0.05, 0.1) is 16.5 Å². The number of halogens is 1. The van der Waals surface area contributed by atoms with Crippen molar-refractivity contribution in [3.63, 3.8) is 0 Å². The molecule has 2 unspecified atom stereocenters. The van der Waals surface area contributed by atoms with Crippen LogP contribution in [0.1, 0.15) is 29.0 Å². The third-order valence-electron chi connectivity index (χ3n) is 4.86. The number of aryl methyl sites for hydroxylation is 1. The van der Waals surface area contributed by atoms with Crippen LogP contribution in [0.15, 0.2) is 34.8 Å². The molecule has 1 heterocycles. The number of rotatable bonds is 9. The molecular weight excluding hydrogens is 470 g/mol. The van der Waals surface area contributed by atoms with Gasteiger partial charge >= 0.3 is 5.97 Å². The van der Waals surface area contributed by atoms with E-state index in [0.717, 1.165) is 21.3 Å². The highest BCUT2D eigenvalue weighted by Crippen LogP contribution is 2.42. The largest absolute Gasteiger partial charge is 0.490 e. The normalized spacial score (nSPS) is 18.3. The molecular formula is C22H26BrNO5S. The predicted octanol–water partition coefficient (Wildman–Crippen LogP) is 4.71. The number of hydrogen-bond acceptors (Lipinski definition) is 6. The number of aliphatic carboxylic acids is 1. The number of ether oxygens (including phenoxy) is 3. The van der Waals surface area contributed by atoms with Crippen molar-refractivity contribution in [1.82, 2.24) is 5.32 Å². The Morgan fingerprint density at radius 1 is 1.20 bits per heavy atom. The van der Waals surface area contributed by atoms with Gasteiger partial charge in [0, 0.05) is 5.75 Å². The Morgan fingerprint density at radius 2 is 1.97 bits per heavy atom. The number of nitrogens with one attached hydrogen (secondary N) is 1. The van der Waals surface area contributed by atoms with E-state index < -0.39 is 12.0 Å². The molecule has 2 aromatic rings. The van der Waals surface area contributed by atoms with Crippen molar-refractivity contribution in [1.29, 1.82) is 0 Å². The average Bonchev–Trinajstić information content (AvgIpc) is 3.20. The lowest BCUT2D eigenvalue weighted by molar-refractivity contribution is -0.138. The smallest absolute Gasteiger partial charge is 0.321 e. The third-order valence-corrected chi connectivity index (χ3v) is 6.71. The second-order valence-electron chi connectivity index (χ2n) is 6.93. The van der Waals surface area contributed by atoms with Crippen LogP contribution in [0.4, 0.5) is 0 Å². The second kappa shape index (κ2) is 10.4. The van der Waals surface area contributed by atoms with Gasteiger partial charge in [-0.15, -0.1) is 11.8 Å². The van der Waals surface area contributed by atoms with E-state index in [9.17, 15) is 9.90 Å². The van der Waals surface area contributed by atoms with Gasteiger partial charge in [0.1, 0.15) is 25.0 Å². The van der Waals surface area contributed by atoms with E-state index in [0.29, 0.717) is 37.1 Å².